The molecule has 2 aromatic heterocycles. The second-order valence-corrected chi connectivity index (χ2v) is 6.86. The number of nitrogens with zero attached hydrogens (tertiary/aromatic N) is 3. The molecule has 21 heavy (non-hydrogen) atoms. The molecule has 5 nitrogen and oxygen atoms in total. The summed E-state index contributed by atoms with van der Waals surface area (Å²) >= 11 is 1.73. The second-order valence-electron chi connectivity index (χ2n) is 5.66. The van der Waals surface area contributed by atoms with E-state index < -0.39 is 0 Å². The molecule has 1 unspecified atom stereocenters. The van der Waals surface area contributed by atoms with Gasteiger partial charge >= 0.3 is 0 Å². The number of aromatic nitrogens is 2. The van der Waals surface area contributed by atoms with Crippen molar-refractivity contribution in [1.82, 2.24) is 14.9 Å². The minimum absolute atomic E-state index is 0.201. The number of nitrogens with one attached hydrogen (secondary N) is 1. The van der Waals surface area contributed by atoms with Crippen LogP contribution in [0.5, 0.6) is 0 Å². The van der Waals surface area contributed by atoms with Gasteiger partial charge in [-0.15, -0.1) is 11.3 Å². The fourth-order valence-electron chi connectivity index (χ4n) is 2.82. The number of aliphatic hydroxyl groups excluding tert-OH is 1. The molecule has 0 aliphatic carbocycles. The maximum Gasteiger partial charge on any atom is 0.146 e. The third-order valence-electron chi connectivity index (χ3n) is 4.03. The predicted molar refractivity (Wildman–Crippen MR) is 87.0 cm³/mol. The molecule has 3 heterocycles. The lowest BCUT2D eigenvalue weighted by Crippen LogP contribution is -2.23. The summed E-state index contributed by atoms with van der Waals surface area (Å²) < 4.78 is 0. The molecule has 1 aliphatic heterocycles. The van der Waals surface area contributed by atoms with Crippen LogP contribution in [0, 0.1) is 13.8 Å². The van der Waals surface area contributed by atoms with Gasteiger partial charge in [-0.05, 0) is 32.8 Å². The van der Waals surface area contributed by atoms with Crippen LogP contribution in [0.3, 0.4) is 0 Å². The topological polar surface area (TPSA) is 61.3 Å². The molecule has 0 bridgehead atoms. The van der Waals surface area contributed by atoms with Crippen LogP contribution in [0.2, 0.25) is 0 Å². The normalized spacial score (nSPS) is 19.5. The van der Waals surface area contributed by atoms with E-state index >= 15 is 0 Å². The molecule has 1 fully saturated rings. The number of β-amino-alcohol motifs (C(OH)–C–C–N with tert-alkyl or cyclic N) is 1. The van der Waals surface area contributed by atoms with Gasteiger partial charge in [0.1, 0.15) is 16.5 Å². The van der Waals surface area contributed by atoms with Crippen LogP contribution in [0.25, 0.3) is 10.2 Å². The summed E-state index contributed by atoms with van der Waals surface area (Å²) in [4.78, 5) is 14.0. The van der Waals surface area contributed by atoms with E-state index in [4.69, 9.17) is 9.97 Å². The molecule has 0 amide bonds. The number of anilines is 1. The first-order valence-electron chi connectivity index (χ1n) is 7.49. The highest BCUT2D eigenvalue weighted by Gasteiger charge is 2.22. The summed E-state index contributed by atoms with van der Waals surface area (Å²) in [6.07, 6.45) is 0.646. The Morgan fingerprint density at radius 1 is 1.38 bits per heavy atom. The SMILES string of the molecule is CCNc1nc(CN2CCC(O)C2)nc2sc(C)c(C)c12. The zero-order valence-corrected chi connectivity index (χ0v) is 13.6. The Morgan fingerprint density at radius 2 is 2.19 bits per heavy atom. The summed E-state index contributed by atoms with van der Waals surface area (Å²) in [5.74, 6) is 1.79. The first kappa shape index (κ1) is 14.7. The van der Waals surface area contributed by atoms with Crippen LogP contribution in [-0.4, -0.2) is 45.7 Å². The van der Waals surface area contributed by atoms with Crippen LogP contribution < -0.4 is 5.32 Å². The Kier molecular flexibility index (Phi) is 4.10. The smallest absolute Gasteiger partial charge is 0.146 e. The third-order valence-corrected chi connectivity index (χ3v) is 5.13. The van der Waals surface area contributed by atoms with Gasteiger partial charge in [-0.25, -0.2) is 9.97 Å². The monoisotopic (exact) mass is 306 g/mol. The van der Waals surface area contributed by atoms with Crippen LogP contribution in [0.15, 0.2) is 0 Å². The van der Waals surface area contributed by atoms with Crippen molar-refractivity contribution < 1.29 is 5.11 Å². The number of fused-ring (bicyclic) bond motifs is 1. The molecule has 1 saturated heterocycles. The molecule has 6 heteroatoms. The van der Waals surface area contributed by atoms with E-state index in [2.05, 4.69) is 31.0 Å². The summed E-state index contributed by atoms with van der Waals surface area (Å²) in [6, 6.07) is 0. The zero-order valence-electron chi connectivity index (χ0n) is 12.8. The fraction of sp³-hybridized carbons (Fsp3) is 0.600. The number of thiophene rings is 1. The molecular weight excluding hydrogens is 284 g/mol. The Hall–Kier alpha value is -1.24. The van der Waals surface area contributed by atoms with E-state index in [-0.39, 0.29) is 6.10 Å². The molecule has 1 aliphatic rings. The van der Waals surface area contributed by atoms with Crippen molar-refractivity contribution in [3.8, 4) is 0 Å². The lowest BCUT2D eigenvalue weighted by molar-refractivity contribution is 0.174. The van der Waals surface area contributed by atoms with Crippen molar-refractivity contribution in [1.29, 1.82) is 0 Å². The lowest BCUT2D eigenvalue weighted by Gasteiger charge is -2.15. The first-order chi connectivity index (χ1) is 10.1. The van der Waals surface area contributed by atoms with Gasteiger partial charge in [-0.1, -0.05) is 0 Å². The van der Waals surface area contributed by atoms with E-state index in [0.717, 1.165) is 47.9 Å². The van der Waals surface area contributed by atoms with Gasteiger partial charge in [0.15, 0.2) is 0 Å². The average Bonchev–Trinajstić information content (AvgIpc) is 2.95. The van der Waals surface area contributed by atoms with E-state index in [1.165, 1.54) is 10.4 Å². The summed E-state index contributed by atoms with van der Waals surface area (Å²) in [7, 11) is 0. The maximum absolute atomic E-state index is 9.64. The number of hydrogen-bond donors (Lipinski definition) is 2. The number of aryl methyl sites for hydroxylation is 2. The zero-order chi connectivity index (χ0) is 15.0. The third kappa shape index (κ3) is 2.88. The van der Waals surface area contributed by atoms with E-state index in [0.29, 0.717) is 6.54 Å². The van der Waals surface area contributed by atoms with E-state index in [1.807, 2.05) is 0 Å². The van der Waals surface area contributed by atoms with Gasteiger partial charge < -0.3 is 10.4 Å². The van der Waals surface area contributed by atoms with Crippen LogP contribution >= 0.6 is 11.3 Å². The van der Waals surface area contributed by atoms with Crippen molar-refractivity contribution in [2.24, 2.45) is 0 Å². The van der Waals surface area contributed by atoms with Crippen LogP contribution in [-0.2, 0) is 6.54 Å². The number of hydrogen-bond acceptors (Lipinski definition) is 6. The second kappa shape index (κ2) is 5.87. The van der Waals surface area contributed by atoms with Crippen LogP contribution in [0.4, 0.5) is 5.82 Å². The van der Waals surface area contributed by atoms with Crippen LogP contribution in [0.1, 0.15) is 29.6 Å². The van der Waals surface area contributed by atoms with Gasteiger partial charge in [0.05, 0.1) is 18.0 Å². The summed E-state index contributed by atoms with van der Waals surface area (Å²) in [6.45, 7) is 9.55. The molecule has 0 radical (unpaired) electrons. The highest BCUT2D eigenvalue weighted by atomic mass is 32.1. The number of aliphatic hydroxyl groups is 1. The van der Waals surface area contributed by atoms with Crippen molar-refractivity contribution in [2.75, 3.05) is 25.0 Å². The predicted octanol–water partition coefficient (Wildman–Crippen LogP) is 2.31. The molecular formula is C15H22N4OS. The first-order valence-corrected chi connectivity index (χ1v) is 8.31. The highest BCUT2D eigenvalue weighted by molar-refractivity contribution is 7.18. The van der Waals surface area contributed by atoms with Gasteiger partial charge in [-0.2, -0.15) is 0 Å². The Bertz CT molecular complexity index is 655. The van der Waals surface area contributed by atoms with Gasteiger partial charge in [0.2, 0.25) is 0 Å². The molecule has 0 saturated carbocycles. The quantitative estimate of drug-likeness (QED) is 0.907. The molecule has 1 atom stereocenters. The van der Waals surface area contributed by atoms with Gasteiger partial charge in [-0.3, -0.25) is 4.90 Å². The van der Waals surface area contributed by atoms with Crippen molar-refractivity contribution in [3.05, 3.63) is 16.3 Å². The summed E-state index contributed by atoms with van der Waals surface area (Å²) in [5.41, 5.74) is 1.27. The summed E-state index contributed by atoms with van der Waals surface area (Å²) in [5, 5.41) is 14.2. The number of likely N-dealkylation sites (tertiary alicyclic amines) is 1. The lowest BCUT2D eigenvalue weighted by atomic mass is 10.2. The molecule has 3 rings (SSSR count). The van der Waals surface area contributed by atoms with Crippen molar-refractivity contribution in [2.45, 2.75) is 39.8 Å². The molecule has 2 N–H and O–H groups in total. The maximum atomic E-state index is 9.64. The van der Waals surface area contributed by atoms with Crippen molar-refractivity contribution in [3.63, 3.8) is 0 Å². The Labute approximate surface area is 129 Å². The van der Waals surface area contributed by atoms with Gasteiger partial charge in [0.25, 0.3) is 0 Å². The molecule has 114 valence electrons. The van der Waals surface area contributed by atoms with Gasteiger partial charge in [0, 0.05) is 24.5 Å². The van der Waals surface area contributed by atoms with Crippen molar-refractivity contribution >= 4 is 27.4 Å². The molecule has 0 aromatic carbocycles. The highest BCUT2D eigenvalue weighted by Crippen LogP contribution is 2.33. The standard InChI is InChI=1S/C15H22N4OS/c1-4-16-14-13-9(2)10(3)21-15(13)18-12(17-14)8-19-6-5-11(20)7-19/h11,20H,4-8H2,1-3H3,(H,16,17,18). The molecule has 2 aromatic rings. The van der Waals surface area contributed by atoms with E-state index in [1.54, 1.807) is 11.3 Å². The number of rotatable bonds is 4. The largest absolute Gasteiger partial charge is 0.392 e. The van der Waals surface area contributed by atoms with E-state index in [9.17, 15) is 5.11 Å². The minimum atomic E-state index is -0.201. The molecule has 0 spiro atoms. The minimum Gasteiger partial charge on any atom is -0.392 e. The Balaban J connectivity index is 1.96. The fourth-order valence-corrected chi connectivity index (χ4v) is 3.86. The average molecular weight is 306 g/mol. The Morgan fingerprint density at radius 3 is 2.86 bits per heavy atom.